The van der Waals surface area contributed by atoms with E-state index in [1.807, 2.05) is 0 Å². The second kappa shape index (κ2) is 7.07. The van der Waals surface area contributed by atoms with E-state index in [1.54, 1.807) is 0 Å². The Morgan fingerprint density at radius 1 is 1.18 bits per heavy atom. The van der Waals surface area contributed by atoms with E-state index >= 15 is 0 Å². The molecule has 0 saturated carbocycles. The van der Waals surface area contributed by atoms with Crippen molar-refractivity contribution in [2.75, 3.05) is 33.8 Å². The van der Waals surface area contributed by atoms with Crippen LogP contribution in [-0.4, -0.2) is 43.4 Å². The number of aliphatic hydroxyl groups excluding tert-OH is 1. The number of aliphatic hydroxyl groups is 1. The summed E-state index contributed by atoms with van der Waals surface area (Å²) in [6.07, 6.45) is 2.50. The molecule has 0 heterocycles. The molecule has 0 unspecified atom stereocenters. The lowest BCUT2D eigenvalue weighted by Gasteiger charge is -2.28. The maximum atomic E-state index is 8.69. The molecule has 70 valence electrons. The van der Waals surface area contributed by atoms with Gasteiger partial charge in [0.1, 0.15) is 6.54 Å². The Balaban J connectivity index is 0. The molecule has 1 N–H and O–H groups in total. The quantitative estimate of drug-likeness (QED) is 0.530. The van der Waals surface area contributed by atoms with E-state index in [1.165, 1.54) is 19.4 Å². The first-order valence-electron chi connectivity index (χ1n) is 4.05. The lowest BCUT2D eigenvalue weighted by atomic mass is 10.3. The minimum Gasteiger partial charge on any atom is -1.00 e. The molecule has 0 aliphatic rings. The number of hydrogen-bond acceptors (Lipinski definition) is 1. The molecule has 0 rings (SSSR count). The van der Waals surface area contributed by atoms with Crippen LogP contribution in [0, 0.1) is 0 Å². The normalized spacial score (nSPS) is 10.9. The standard InChI is InChI=1S/C8H20NO.BrH/c1-4-5-6-9(2,3)7-8-10;/h10H,4-8H2,1-3H3;1H/q+1;/p-1. The topological polar surface area (TPSA) is 20.2 Å². The van der Waals surface area contributed by atoms with E-state index in [0.717, 1.165) is 11.0 Å². The van der Waals surface area contributed by atoms with Crippen LogP contribution in [0.25, 0.3) is 0 Å². The first kappa shape index (κ1) is 14.0. The zero-order valence-corrected chi connectivity index (χ0v) is 9.39. The second-order valence-corrected chi connectivity index (χ2v) is 3.46. The van der Waals surface area contributed by atoms with Crippen molar-refractivity contribution in [2.45, 2.75) is 19.8 Å². The second-order valence-electron chi connectivity index (χ2n) is 3.46. The number of halogens is 1. The van der Waals surface area contributed by atoms with Crippen LogP contribution in [0.2, 0.25) is 0 Å². The van der Waals surface area contributed by atoms with Crippen LogP contribution < -0.4 is 17.0 Å². The smallest absolute Gasteiger partial charge is 0.102 e. The number of quaternary nitrogens is 1. The minimum atomic E-state index is 0. The van der Waals surface area contributed by atoms with E-state index in [4.69, 9.17) is 5.11 Å². The number of nitrogens with zero attached hydrogens (tertiary/aromatic N) is 1. The Morgan fingerprint density at radius 2 is 1.73 bits per heavy atom. The van der Waals surface area contributed by atoms with Crippen LogP contribution in [0.4, 0.5) is 0 Å². The van der Waals surface area contributed by atoms with Crippen LogP contribution in [0.5, 0.6) is 0 Å². The average molecular weight is 226 g/mol. The highest BCUT2D eigenvalue weighted by Crippen LogP contribution is 1.99. The van der Waals surface area contributed by atoms with Crippen molar-refractivity contribution in [3.05, 3.63) is 0 Å². The van der Waals surface area contributed by atoms with Gasteiger partial charge in [0.25, 0.3) is 0 Å². The van der Waals surface area contributed by atoms with Crippen molar-refractivity contribution < 1.29 is 26.6 Å². The molecule has 0 aliphatic carbocycles. The Bertz CT molecular complexity index is 86.2. The van der Waals surface area contributed by atoms with Crippen LogP contribution in [0.3, 0.4) is 0 Å². The summed E-state index contributed by atoms with van der Waals surface area (Å²) < 4.78 is 0.949. The number of likely N-dealkylation sites (N-methyl/N-ethyl adjacent to an activating group) is 1. The fraction of sp³-hybridized carbons (Fsp3) is 1.00. The van der Waals surface area contributed by atoms with Crippen LogP contribution >= 0.6 is 0 Å². The van der Waals surface area contributed by atoms with Crippen LogP contribution in [0.1, 0.15) is 19.8 Å². The van der Waals surface area contributed by atoms with E-state index in [2.05, 4.69) is 21.0 Å². The summed E-state index contributed by atoms with van der Waals surface area (Å²) in [6.45, 7) is 4.55. The van der Waals surface area contributed by atoms with Gasteiger partial charge in [0.05, 0.1) is 27.2 Å². The molecule has 11 heavy (non-hydrogen) atoms. The Morgan fingerprint density at radius 3 is 2.09 bits per heavy atom. The fourth-order valence-electron chi connectivity index (χ4n) is 0.969. The summed E-state index contributed by atoms with van der Waals surface area (Å²) in [5, 5.41) is 8.69. The largest absolute Gasteiger partial charge is 1.00 e. The first-order chi connectivity index (χ1) is 4.62. The molecule has 0 bridgehead atoms. The highest BCUT2D eigenvalue weighted by atomic mass is 79.9. The summed E-state index contributed by atoms with van der Waals surface area (Å²) in [5.41, 5.74) is 0. The molecule has 0 aliphatic heterocycles. The molecule has 0 aromatic heterocycles. The van der Waals surface area contributed by atoms with Gasteiger partial charge in [0.15, 0.2) is 0 Å². The van der Waals surface area contributed by atoms with Gasteiger partial charge in [0, 0.05) is 0 Å². The van der Waals surface area contributed by atoms with Crippen molar-refractivity contribution in [1.82, 2.24) is 0 Å². The third-order valence-corrected chi connectivity index (χ3v) is 1.82. The van der Waals surface area contributed by atoms with E-state index < -0.39 is 0 Å². The molecule has 0 amide bonds. The Hall–Kier alpha value is 0.400. The zero-order chi connectivity index (χ0) is 8.04. The first-order valence-corrected chi connectivity index (χ1v) is 4.05. The third-order valence-electron chi connectivity index (χ3n) is 1.82. The van der Waals surface area contributed by atoms with Gasteiger partial charge in [-0.2, -0.15) is 0 Å². The summed E-state index contributed by atoms with van der Waals surface area (Å²) in [6, 6.07) is 0. The van der Waals surface area contributed by atoms with Gasteiger partial charge in [-0.05, 0) is 6.42 Å². The van der Waals surface area contributed by atoms with Gasteiger partial charge in [-0.15, -0.1) is 0 Å². The molecule has 0 radical (unpaired) electrons. The number of unbranched alkanes of at least 4 members (excludes halogenated alkanes) is 1. The summed E-state index contributed by atoms with van der Waals surface area (Å²) in [4.78, 5) is 0. The van der Waals surface area contributed by atoms with Crippen LogP contribution in [-0.2, 0) is 0 Å². The molecule has 0 spiro atoms. The SMILES string of the molecule is CCCC[N+](C)(C)CCO.[Br-]. The van der Waals surface area contributed by atoms with Gasteiger partial charge in [-0.1, -0.05) is 13.3 Å². The lowest BCUT2D eigenvalue weighted by Crippen LogP contribution is -3.00. The molecule has 3 heteroatoms. The van der Waals surface area contributed by atoms with Crippen molar-refractivity contribution >= 4 is 0 Å². The van der Waals surface area contributed by atoms with Crippen molar-refractivity contribution in [3.63, 3.8) is 0 Å². The number of rotatable bonds is 5. The number of hydrogen-bond donors (Lipinski definition) is 1. The predicted octanol–water partition coefficient (Wildman–Crippen LogP) is -2.14. The molecule has 0 saturated heterocycles. The minimum absolute atomic E-state index is 0. The maximum absolute atomic E-state index is 8.69. The molecule has 0 aromatic carbocycles. The van der Waals surface area contributed by atoms with E-state index in [-0.39, 0.29) is 17.0 Å². The lowest BCUT2D eigenvalue weighted by molar-refractivity contribution is -0.890. The summed E-state index contributed by atoms with van der Waals surface area (Å²) in [7, 11) is 4.32. The monoisotopic (exact) mass is 225 g/mol. The van der Waals surface area contributed by atoms with Gasteiger partial charge in [-0.3, -0.25) is 0 Å². The molecule has 0 aromatic rings. The Kier molecular flexibility index (Phi) is 8.97. The van der Waals surface area contributed by atoms with Crippen molar-refractivity contribution in [1.29, 1.82) is 0 Å². The predicted molar refractivity (Wildman–Crippen MR) is 43.8 cm³/mol. The van der Waals surface area contributed by atoms with Gasteiger partial charge in [-0.25, -0.2) is 0 Å². The fourth-order valence-corrected chi connectivity index (χ4v) is 0.969. The van der Waals surface area contributed by atoms with Gasteiger partial charge >= 0.3 is 0 Å². The zero-order valence-electron chi connectivity index (χ0n) is 7.81. The van der Waals surface area contributed by atoms with Crippen molar-refractivity contribution in [3.8, 4) is 0 Å². The van der Waals surface area contributed by atoms with Crippen molar-refractivity contribution in [2.24, 2.45) is 0 Å². The highest BCUT2D eigenvalue weighted by Gasteiger charge is 2.11. The maximum Gasteiger partial charge on any atom is 0.102 e. The van der Waals surface area contributed by atoms with Gasteiger partial charge < -0.3 is 26.6 Å². The van der Waals surface area contributed by atoms with Crippen LogP contribution in [0.15, 0.2) is 0 Å². The highest BCUT2D eigenvalue weighted by molar-refractivity contribution is 4.34. The van der Waals surface area contributed by atoms with E-state index in [9.17, 15) is 0 Å². The third kappa shape index (κ3) is 8.30. The molecular formula is C8H20BrNO. The Labute approximate surface area is 80.6 Å². The molecular weight excluding hydrogens is 206 g/mol. The van der Waals surface area contributed by atoms with Gasteiger partial charge in [0.2, 0.25) is 0 Å². The molecule has 0 fully saturated rings. The summed E-state index contributed by atoms with van der Waals surface area (Å²) >= 11 is 0. The summed E-state index contributed by atoms with van der Waals surface area (Å²) in [5.74, 6) is 0. The average Bonchev–Trinajstić information content (AvgIpc) is 1.84. The van der Waals surface area contributed by atoms with E-state index in [0.29, 0.717) is 6.61 Å². The molecule has 0 atom stereocenters. The molecule has 2 nitrogen and oxygen atoms in total.